The highest BCUT2D eigenvalue weighted by Gasteiger charge is 2.19. The third-order valence-electron chi connectivity index (χ3n) is 4.42. The summed E-state index contributed by atoms with van der Waals surface area (Å²) in [5, 5.41) is 7.74. The number of carbonyl (C=O) groups excluding carboxylic acids is 2. The lowest BCUT2D eigenvalue weighted by Gasteiger charge is -2.21. The zero-order valence-electron chi connectivity index (χ0n) is 16.3. The highest BCUT2D eigenvalue weighted by molar-refractivity contribution is 7.10. The minimum absolute atomic E-state index is 0.000269. The highest BCUT2D eigenvalue weighted by atomic mass is 32.1. The highest BCUT2D eigenvalue weighted by Crippen LogP contribution is 2.26. The van der Waals surface area contributed by atoms with E-state index in [1.807, 2.05) is 17.5 Å². The largest absolute Gasteiger partial charge is 0.335 e. The van der Waals surface area contributed by atoms with Gasteiger partial charge in [-0.3, -0.25) is 14.9 Å². The van der Waals surface area contributed by atoms with Gasteiger partial charge in [0.25, 0.3) is 0 Å². The van der Waals surface area contributed by atoms with Gasteiger partial charge in [-0.05, 0) is 53.4 Å². The molecule has 0 fully saturated rings. The van der Waals surface area contributed by atoms with Crippen LogP contribution in [0.1, 0.15) is 16.5 Å². The van der Waals surface area contributed by atoms with Gasteiger partial charge in [-0.2, -0.15) is 0 Å². The maximum Gasteiger partial charge on any atom is 0.243 e. The van der Waals surface area contributed by atoms with Crippen LogP contribution in [-0.4, -0.2) is 36.9 Å². The van der Waals surface area contributed by atoms with Crippen LogP contribution in [0, 0.1) is 11.6 Å². The summed E-state index contributed by atoms with van der Waals surface area (Å²) in [7, 11) is 1.53. The molecule has 0 aliphatic rings. The monoisotopic (exact) mass is 429 g/mol. The van der Waals surface area contributed by atoms with Gasteiger partial charge in [-0.25, -0.2) is 8.78 Å². The van der Waals surface area contributed by atoms with Crippen LogP contribution in [0.5, 0.6) is 0 Å². The van der Waals surface area contributed by atoms with Crippen molar-refractivity contribution in [2.75, 3.05) is 25.5 Å². The van der Waals surface area contributed by atoms with E-state index in [0.29, 0.717) is 5.69 Å². The summed E-state index contributed by atoms with van der Waals surface area (Å²) in [6.45, 7) is -0.140. The van der Waals surface area contributed by atoms with E-state index in [0.717, 1.165) is 10.4 Å². The van der Waals surface area contributed by atoms with Crippen molar-refractivity contribution in [3.8, 4) is 0 Å². The Morgan fingerprint density at radius 1 is 1.00 bits per heavy atom. The second kappa shape index (κ2) is 10.1. The molecule has 0 bridgehead atoms. The molecule has 5 nitrogen and oxygen atoms in total. The second-order valence-corrected chi connectivity index (χ2v) is 7.67. The van der Waals surface area contributed by atoms with Crippen molar-refractivity contribution in [3.63, 3.8) is 0 Å². The van der Waals surface area contributed by atoms with Gasteiger partial charge in [0, 0.05) is 17.6 Å². The Morgan fingerprint density at radius 3 is 2.23 bits per heavy atom. The Kier molecular flexibility index (Phi) is 7.26. The molecule has 0 spiro atoms. The van der Waals surface area contributed by atoms with Gasteiger partial charge >= 0.3 is 0 Å². The summed E-state index contributed by atoms with van der Waals surface area (Å²) >= 11 is 1.53. The third-order valence-corrected chi connectivity index (χ3v) is 5.36. The van der Waals surface area contributed by atoms with Crippen LogP contribution in [-0.2, 0) is 9.59 Å². The van der Waals surface area contributed by atoms with Gasteiger partial charge < -0.3 is 10.2 Å². The van der Waals surface area contributed by atoms with E-state index in [2.05, 4.69) is 10.6 Å². The van der Waals surface area contributed by atoms with Crippen LogP contribution >= 0.6 is 11.3 Å². The lowest BCUT2D eigenvalue weighted by molar-refractivity contribution is -0.132. The molecule has 0 aliphatic carbocycles. The summed E-state index contributed by atoms with van der Waals surface area (Å²) in [6.07, 6.45) is 0. The molecule has 3 rings (SSSR count). The van der Waals surface area contributed by atoms with Gasteiger partial charge in [0.1, 0.15) is 11.6 Å². The van der Waals surface area contributed by atoms with E-state index >= 15 is 0 Å². The molecule has 1 heterocycles. The molecule has 1 aromatic heterocycles. The minimum Gasteiger partial charge on any atom is -0.335 e. The van der Waals surface area contributed by atoms with Gasteiger partial charge in [-0.15, -0.1) is 11.3 Å². The van der Waals surface area contributed by atoms with Crippen LogP contribution in [0.2, 0.25) is 0 Å². The number of rotatable bonds is 8. The molecular weight excluding hydrogens is 408 g/mol. The van der Waals surface area contributed by atoms with Crippen molar-refractivity contribution >= 4 is 28.8 Å². The number of nitrogens with zero attached hydrogens (tertiary/aromatic N) is 1. The standard InChI is InChI=1S/C22H21F2N3O2S/c1-27(14-20(28)26-18-10-8-17(24)9-11-18)21(29)13-25-22(19-3-2-12-30-19)15-4-6-16(23)7-5-15/h2-12,22,25H,13-14H2,1H3,(H,26,28)/t22-/m1/s1. The molecule has 0 saturated carbocycles. The predicted molar refractivity (Wildman–Crippen MR) is 113 cm³/mol. The number of halogens is 2. The van der Waals surface area contributed by atoms with Crippen LogP contribution < -0.4 is 10.6 Å². The maximum atomic E-state index is 13.3. The van der Waals surface area contributed by atoms with Crippen LogP contribution in [0.3, 0.4) is 0 Å². The SMILES string of the molecule is CN(CC(=O)Nc1ccc(F)cc1)C(=O)CN[C@H](c1ccc(F)cc1)c1cccs1. The molecule has 156 valence electrons. The van der Waals surface area contributed by atoms with E-state index in [9.17, 15) is 18.4 Å². The number of hydrogen-bond acceptors (Lipinski definition) is 4. The number of likely N-dealkylation sites (N-methyl/N-ethyl adjacent to an activating group) is 1. The zero-order valence-corrected chi connectivity index (χ0v) is 17.1. The number of carbonyl (C=O) groups is 2. The van der Waals surface area contributed by atoms with Crippen molar-refractivity contribution in [2.24, 2.45) is 0 Å². The molecule has 8 heteroatoms. The number of anilines is 1. The Bertz CT molecular complexity index is 977. The van der Waals surface area contributed by atoms with E-state index < -0.39 is 5.82 Å². The predicted octanol–water partition coefficient (Wildman–Crippen LogP) is 3.80. The van der Waals surface area contributed by atoms with Crippen molar-refractivity contribution < 1.29 is 18.4 Å². The quantitative estimate of drug-likeness (QED) is 0.573. The van der Waals surface area contributed by atoms with Crippen molar-refractivity contribution in [2.45, 2.75) is 6.04 Å². The molecular formula is C22H21F2N3O2S. The van der Waals surface area contributed by atoms with E-state index in [1.54, 1.807) is 12.1 Å². The van der Waals surface area contributed by atoms with E-state index in [-0.39, 0.29) is 36.8 Å². The average molecular weight is 429 g/mol. The van der Waals surface area contributed by atoms with Crippen LogP contribution in [0.4, 0.5) is 14.5 Å². The number of hydrogen-bond donors (Lipinski definition) is 2. The summed E-state index contributed by atoms with van der Waals surface area (Å²) in [6, 6.07) is 15.1. The van der Waals surface area contributed by atoms with Crippen molar-refractivity contribution in [1.29, 1.82) is 0 Å². The first-order valence-corrected chi connectivity index (χ1v) is 10.1. The Labute approximate surface area is 177 Å². The average Bonchev–Trinajstić information content (AvgIpc) is 3.25. The first-order chi connectivity index (χ1) is 14.4. The molecule has 0 radical (unpaired) electrons. The van der Waals surface area contributed by atoms with Gasteiger partial charge in [0.15, 0.2) is 0 Å². The lowest BCUT2D eigenvalue weighted by atomic mass is 10.1. The Morgan fingerprint density at radius 2 is 1.63 bits per heavy atom. The molecule has 3 aromatic rings. The number of amides is 2. The first-order valence-electron chi connectivity index (χ1n) is 9.24. The normalized spacial score (nSPS) is 11.7. The Balaban J connectivity index is 1.57. The fourth-order valence-corrected chi connectivity index (χ4v) is 3.68. The molecule has 1 atom stereocenters. The third kappa shape index (κ3) is 5.95. The smallest absolute Gasteiger partial charge is 0.243 e. The Hall–Kier alpha value is -3.10. The molecule has 0 saturated heterocycles. The molecule has 30 heavy (non-hydrogen) atoms. The second-order valence-electron chi connectivity index (χ2n) is 6.69. The van der Waals surface area contributed by atoms with Crippen LogP contribution in [0.25, 0.3) is 0 Å². The van der Waals surface area contributed by atoms with E-state index in [4.69, 9.17) is 0 Å². The fraction of sp³-hybridized carbons (Fsp3) is 0.182. The summed E-state index contributed by atoms with van der Waals surface area (Å²) in [4.78, 5) is 26.9. The van der Waals surface area contributed by atoms with Crippen LogP contribution in [0.15, 0.2) is 66.0 Å². The number of nitrogens with one attached hydrogen (secondary N) is 2. The summed E-state index contributed by atoms with van der Waals surface area (Å²) in [5.74, 6) is -1.38. The molecule has 2 aromatic carbocycles. The van der Waals surface area contributed by atoms with Gasteiger partial charge in [-0.1, -0.05) is 18.2 Å². The first kappa shape index (κ1) is 21.6. The summed E-state index contributed by atoms with van der Waals surface area (Å²) < 4.78 is 26.2. The summed E-state index contributed by atoms with van der Waals surface area (Å²) in [5.41, 5.74) is 1.29. The lowest BCUT2D eigenvalue weighted by Crippen LogP contribution is -2.41. The van der Waals surface area contributed by atoms with Crippen molar-refractivity contribution in [1.82, 2.24) is 10.2 Å². The number of thiophene rings is 1. The maximum absolute atomic E-state index is 13.3. The molecule has 2 amide bonds. The minimum atomic E-state index is -0.396. The zero-order chi connectivity index (χ0) is 21.5. The molecule has 0 aliphatic heterocycles. The molecule has 0 unspecified atom stereocenters. The fourth-order valence-electron chi connectivity index (χ4n) is 2.86. The van der Waals surface area contributed by atoms with E-state index in [1.165, 1.54) is 59.7 Å². The topological polar surface area (TPSA) is 61.4 Å². The van der Waals surface area contributed by atoms with Gasteiger partial charge in [0.2, 0.25) is 11.8 Å². The number of benzene rings is 2. The van der Waals surface area contributed by atoms with Gasteiger partial charge in [0.05, 0.1) is 19.1 Å². The molecule has 2 N–H and O–H groups in total. The van der Waals surface area contributed by atoms with Crippen molar-refractivity contribution in [3.05, 3.63) is 88.1 Å².